The number of azo groups is 1. The highest BCUT2D eigenvalue weighted by Crippen LogP contribution is 2.39. The molecule has 1 amide bonds. The summed E-state index contributed by atoms with van der Waals surface area (Å²) in [5.41, 5.74) is 2.07. The van der Waals surface area contributed by atoms with Crippen LogP contribution in [0, 0.1) is 0 Å². The number of nitrogens with zero attached hydrogens (tertiary/aromatic N) is 3. The maximum Gasteiger partial charge on any atom is 0.302 e. The molecule has 156 valence electrons. The number of halogens is 2. The smallest absolute Gasteiger partial charge is 0.302 e. The second-order valence-corrected chi connectivity index (χ2v) is 8.01. The molecule has 31 heavy (non-hydrogen) atoms. The van der Waals surface area contributed by atoms with Crippen LogP contribution in [-0.2, 0) is 11.3 Å². The minimum Gasteiger partial charge on any atom is -0.493 e. The maximum atomic E-state index is 12.2. The summed E-state index contributed by atoms with van der Waals surface area (Å²) in [5.74, 6) is -0.167. The van der Waals surface area contributed by atoms with Crippen LogP contribution in [0.2, 0.25) is 5.02 Å². The Morgan fingerprint density at radius 3 is 2.58 bits per heavy atom. The molecule has 1 aromatic heterocycles. The van der Waals surface area contributed by atoms with E-state index in [1.807, 2.05) is 54.6 Å². The Kier molecular flexibility index (Phi) is 6.34. The van der Waals surface area contributed by atoms with Gasteiger partial charge < -0.3 is 14.4 Å². The fourth-order valence-corrected chi connectivity index (χ4v) is 3.96. The van der Waals surface area contributed by atoms with Gasteiger partial charge in [-0.25, -0.2) is 0 Å². The molecule has 1 N–H and O–H groups in total. The number of hydrogen-bond donors (Lipinski definition) is 1. The van der Waals surface area contributed by atoms with E-state index in [2.05, 4.69) is 26.2 Å². The summed E-state index contributed by atoms with van der Waals surface area (Å²) in [7, 11) is 0. The summed E-state index contributed by atoms with van der Waals surface area (Å²) in [6.07, 6.45) is 0. The lowest BCUT2D eigenvalue weighted by atomic mass is 10.2. The third kappa shape index (κ3) is 4.78. The van der Waals surface area contributed by atoms with E-state index in [4.69, 9.17) is 16.3 Å². The molecule has 0 bridgehead atoms. The standard InChI is InChI=1S/C23H17BrClN3O3/c24-18-12-16(25)10-11-20(18)31-14-21(29)26-27-22-17-8-4-5-9-19(17)28(23(22)30)13-15-6-2-1-3-7-15/h1-12,30H,13-14H2. The van der Waals surface area contributed by atoms with Gasteiger partial charge in [0, 0.05) is 10.4 Å². The van der Waals surface area contributed by atoms with E-state index in [-0.39, 0.29) is 18.2 Å². The van der Waals surface area contributed by atoms with Crippen LogP contribution in [0.3, 0.4) is 0 Å². The number of carbonyl (C=O) groups is 1. The van der Waals surface area contributed by atoms with Crippen LogP contribution in [0.4, 0.5) is 5.69 Å². The summed E-state index contributed by atoms with van der Waals surface area (Å²) >= 11 is 9.23. The molecule has 0 aliphatic rings. The zero-order chi connectivity index (χ0) is 21.8. The lowest BCUT2D eigenvalue weighted by molar-refractivity contribution is -0.120. The highest BCUT2D eigenvalue weighted by atomic mass is 79.9. The molecule has 0 spiro atoms. The number of ether oxygens (including phenoxy) is 1. The summed E-state index contributed by atoms with van der Waals surface area (Å²) in [6, 6.07) is 22.2. The SMILES string of the molecule is O=C(COc1ccc(Cl)cc1Br)N=Nc1c(O)n(Cc2ccccc2)c2ccccc12. The van der Waals surface area contributed by atoms with E-state index >= 15 is 0 Å². The van der Waals surface area contributed by atoms with Crippen molar-refractivity contribution in [1.82, 2.24) is 4.57 Å². The van der Waals surface area contributed by atoms with Crippen LogP contribution in [0.5, 0.6) is 11.6 Å². The van der Waals surface area contributed by atoms with E-state index in [0.717, 1.165) is 11.1 Å². The normalized spacial score (nSPS) is 11.3. The van der Waals surface area contributed by atoms with Gasteiger partial charge in [-0.3, -0.25) is 4.79 Å². The number of amides is 1. The predicted octanol–water partition coefficient (Wildman–Crippen LogP) is 6.50. The van der Waals surface area contributed by atoms with Crippen molar-refractivity contribution in [3.8, 4) is 11.6 Å². The molecular formula is C23H17BrClN3O3. The van der Waals surface area contributed by atoms with Crippen molar-refractivity contribution >= 4 is 50.0 Å². The zero-order valence-corrected chi connectivity index (χ0v) is 18.5. The predicted molar refractivity (Wildman–Crippen MR) is 123 cm³/mol. The zero-order valence-electron chi connectivity index (χ0n) is 16.2. The molecular weight excluding hydrogens is 482 g/mol. The van der Waals surface area contributed by atoms with Crippen molar-refractivity contribution in [2.75, 3.05) is 6.61 Å². The Labute approximate surface area is 191 Å². The first-order valence-corrected chi connectivity index (χ1v) is 10.6. The number of carbonyl (C=O) groups excluding carboxylic acids is 1. The molecule has 4 rings (SSSR count). The molecule has 0 aliphatic carbocycles. The van der Waals surface area contributed by atoms with Crippen molar-refractivity contribution in [1.29, 1.82) is 0 Å². The van der Waals surface area contributed by atoms with Gasteiger partial charge in [-0.15, -0.1) is 10.2 Å². The first-order valence-electron chi connectivity index (χ1n) is 9.39. The van der Waals surface area contributed by atoms with Gasteiger partial charge in [0.2, 0.25) is 5.88 Å². The van der Waals surface area contributed by atoms with Crippen LogP contribution in [0.25, 0.3) is 10.9 Å². The van der Waals surface area contributed by atoms with Gasteiger partial charge in [-0.2, -0.15) is 0 Å². The Bertz CT molecular complexity index is 1270. The third-order valence-corrected chi connectivity index (χ3v) is 5.46. The molecule has 0 fully saturated rings. The number of para-hydroxylation sites is 1. The van der Waals surface area contributed by atoms with Crippen LogP contribution < -0.4 is 4.74 Å². The number of aromatic nitrogens is 1. The van der Waals surface area contributed by atoms with Gasteiger partial charge in [0.25, 0.3) is 0 Å². The van der Waals surface area contributed by atoms with Crippen molar-refractivity contribution in [2.24, 2.45) is 10.2 Å². The number of hydrogen-bond acceptors (Lipinski definition) is 4. The number of rotatable bonds is 6. The Balaban J connectivity index is 1.55. The molecule has 0 saturated carbocycles. The molecule has 8 heteroatoms. The monoisotopic (exact) mass is 497 g/mol. The fourth-order valence-electron chi connectivity index (χ4n) is 3.16. The highest BCUT2D eigenvalue weighted by Gasteiger charge is 2.17. The van der Waals surface area contributed by atoms with Crippen LogP contribution in [0.15, 0.2) is 87.5 Å². The average molecular weight is 499 g/mol. The van der Waals surface area contributed by atoms with Crippen molar-refractivity contribution < 1.29 is 14.6 Å². The van der Waals surface area contributed by atoms with Crippen molar-refractivity contribution in [3.63, 3.8) is 0 Å². The number of aromatic hydroxyl groups is 1. The van der Waals surface area contributed by atoms with Gasteiger partial charge in [0.15, 0.2) is 12.3 Å². The number of benzene rings is 3. The van der Waals surface area contributed by atoms with Crippen LogP contribution in [-0.4, -0.2) is 22.2 Å². The Hall–Kier alpha value is -3.16. The highest BCUT2D eigenvalue weighted by molar-refractivity contribution is 9.10. The lowest BCUT2D eigenvalue weighted by Crippen LogP contribution is -2.08. The molecule has 0 saturated heterocycles. The molecule has 0 radical (unpaired) electrons. The van der Waals surface area contributed by atoms with Gasteiger partial charge >= 0.3 is 5.91 Å². The molecule has 1 heterocycles. The van der Waals surface area contributed by atoms with E-state index in [9.17, 15) is 9.90 Å². The molecule has 6 nitrogen and oxygen atoms in total. The van der Waals surface area contributed by atoms with Crippen LogP contribution >= 0.6 is 27.5 Å². The minimum atomic E-state index is -0.582. The summed E-state index contributed by atoms with van der Waals surface area (Å²) in [5, 5.41) is 19.8. The van der Waals surface area contributed by atoms with Crippen molar-refractivity contribution in [3.05, 3.63) is 87.9 Å². The summed E-state index contributed by atoms with van der Waals surface area (Å²) in [6.45, 7) is 0.164. The topological polar surface area (TPSA) is 76.2 Å². The molecule has 0 atom stereocenters. The summed E-state index contributed by atoms with van der Waals surface area (Å²) in [4.78, 5) is 12.2. The average Bonchev–Trinajstić information content (AvgIpc) is 3.03. The second kappa shape index (κ2) is 9.32. The number of fused-ring (bicyclic) bond motifs is 1. The third-order valence-electron chi connectivity index (χ3n) is 4.61. The lowest BCUT2D eigenvalue weighted by Gasteiger charge is -2.07. The Morgan fingerprint density at radius 2 is 1.81 bits per heavy atom. The van der Waals surface area contributed by atoms with E-state index in [0.29, 0.717) is 27.2 Å². The maximum absolute atomic E-state index is 12.2. The molecule has 4 aromatic rings. The fraction of sp³-hybridized carbons (Fsp3) is 0.0870. The summed E-state index contributed by atoms with van der Waals surface area (Å²) < 4.78 is 7.84. The Morgan fingerprint density at radius 1 is 1.06 bits per heavy atom. The second-order valence-electron chi connectivity index (χ2n) is 6.72. The van der Waals surface area contributed by atoms with Gasteiger partial charge in [0.1, 0.15) is 5.75 Å². The van der Waals surface area contributed by atoms with E-state index < -0.39 is 5.91 Å². The molecule has 3 aromatic carbocycles. The van der Waals surface area contributed by atoms with E-state index in [1.165, 1.54) is 0 Å². The first-order chi connectivity index (χ1) is 15.0. The minimum absolute atomic E-state index is 0.0528. The van der Waals surface area contributed by atoms with E-state index in [1.54, 1.807) is 22.8 Å². The van der Waals surface area contributed by atoms with Gasteiger partial charge in [-0.05, 0) is 45.8 Å². The molecule has 0 aliphatic heterocycles. The van der Waals surface area contributed by atoms with Gasteiger partial charge in [-0.1, -0.05) is 60.1 Å². The van der Waals surface area contributed by atoms with Crippen LogP contribution in [0.1, 0.15) is 5.56 Å². The first kappa shape index (κ1) is 21.1. The quantitative estimate of drug-likeness (QED) is 0.308. The van der Waals surface area contributed by atoms with Gasteiger partial charge in [0.05, 0.1) is 16.5 Å². The molecule has 0 unspecified atom stereocenters. The largest absolute Gasteiger partial charge is 0.493 e. The van der Waals surface area contributed by atoms with Crippen molar-refractivity contribution in [2.45, 2.75) is 6.54 Å².